The molecule has 162 valence electrons. The molecule has 0 radical (unpaired) electrons. The Hall–Kier alpha value is -2.62. The number of fused-ring (bicyclic) bond motifs is 2. The Balaban J connectivity index is 1.60. The van der Waals surface area contributed by atoms with Crippen LogP contribution in [0.5, 0.6) is 5.75 Å². The van der Waals surface area contributed by atoms with E-state index in [2.05, 4.69) is 0 Å². The van der Waals surface area contributed by atoms with Crippen LogP contribution in [0.3, 0.4) is 0 Å². The first-order chi connectivity index (χ1) is 15.0. The van der Waals surface area contributed by atoms with Gasteiger partial charge in [-0.05, 0) is 17.7 Å². The van der Waals surface area contributed by atoms with E-state index in [9.17, 15) is 14.0 Å². The van der Waals surface area contributed by atoms with Crippen LogP contribution in [-0.4, -0.2) is 51.0 Å². The van der Waals surface area contributed by atoms with E-state index in [1.807, 2.05) is 16.3 Å². The van der Waals surface area contributed by atoms with Gasteiger partial charge in [-0.25, -0.2) is 4.39 Å². The molecular formula is C21H18ClFN2O5S. The lowest BCUT2D eigenvalue weighted by molar-refractivity contribution is -0.121. The van der Waals surface area contributed by atoms with Crippen molar-refractivity contribution in [1.29, 1.82) is 0 Å². The summed E-state index contributed by atoms with van der Waals surface area (Å²) >= 11 is 6.69. The summed E-state index contributed by atoms with van der Waals surface area (Å²) in [4.78, 5) is 28.2. The van der Waals surface area contributed by atoms with E-state index >= 15 is 0 Å². The topological polar surface area (TPSA) is 72.2 Å². The number of morpholine rings is 1. The molecule has 1 aromatic carbocycles. The normalized spacial score (nSPS) is 17.4. The van der Waals surface area contributed by atoms with Crippen molar-refractivity contribution in [3.63, 3.8) is 0 Å². The van der Waals surface area contributed by atoms with Gasteiger partial charge in [0.1, 0.15) is 17.1 Å². The van der Waals surface area contributed by atoms with Gasteiger partial charge in [-0.1, -0.05) is 17.7 Å². The summed E-state index contributed by atoms with van der Waals surface area (Å²) in [6.45, 7) is 2.88. The average molecular weight is 465 g/mol. The standard InChI is InChI=1S/C21H18ClFN2O5S/c22-20(23)21(27)25-5-8-29-16-2-1-12(9-14(16)25)13-11-31-19-15(26)10-17(30-18(13)19)24-3-6-28-7-4-24/h1-2,9-11,20H,3-8H2. The van der Waals surface area contributed by atoms with Crippen LogP contribution in [0.1, 0.15) is 0 Å². The van der Waals surface area contributed by atoms with E-state index in [0.29, 0.717) is 53.9 Å². The van der Waals surface area contributed by atoms with Crippen molar-refractivity contribution < 1.29 is 23.1 Å². The van der Waals surface area contributed by atoms with Crippen molar-refractivity contribution in [3.05, 3.63) is 39.9 Å². The molecule has 1 fully saturated rings. The predicted octanol–water partition coefficient (Wildman–Crippen LogP) is 3.62. The van der Waals surface area contributed by atoms with Gasteiger partial charge in [0.05, 0.1) is 25.4 Å². The van der Waals surface area contributed by atoms with Crippen LogP contribution in [0.2, 0.25) is 0 Å². The predicted molar refractivity (Wildman–Crippen MR) is 117 cm³/mol. The maximum atomic E-state index is 13.5. The van der Waals surface area contributed by atoms with Gasteiger partial charge in [-0.2, -0.15) is 0 Å². The van der Waals surface area contributed by atoms with Crippen molar-refractivity contribution >= 4 is 50.7 Å². The zero-order valence-electron chi connectivity index (χ0n) is 16.3. The maximum absolute atomic E-state index is 13.5. The van der Waals surface area contributed by atoms with E-state index in [1.165, 1.54) is 22.3 Å². The van der Waals surface area contributed by atoms with Gasteiger partial charge in [0, 0.05) is 30.1 Å². The van der Waals surface area contributed by atoms with Gasteiger partial charge in [-0.3, -0.25) is 9.59 Å². The second kappa shape index (κ2) is 8.14. The Labute approximate surface area is 185 Å². The quantitative estimate of drug-likeness (QED) is 0.551. The summed E-state index contributed by atoms with van der Waals surface area (Å²) in [7, 11) is 0. The number of benzene rings is 1. The molecule has 1 amide bonds. The Kier molecular flexibility index (Phi) is 5.33. The van der Waals surface area contributed by atoms with E-state index in [0.717, 1.165) is 11.1 Å². The number of hydrogen-bond acceptors (Lipinski definition) is 7. The number of anilines is 2. The molecule has 2 aromatic heterocycles. The fourth-order valence-corrected chi connectivity index (χ4v) is 4.83. The highest BCUT2D eigenvalue weighted by Crippen LogP contribution is 2.40. The third-order valence-electron chi connectivity index (χ3n) is 5.34. The molecule has 1 saturated heterocycles. The SMILES string of the molecule is O=C(C(F)Cl)N1CCOc2ccc(-c3csc4c(=O)cc(N5CCOCC5)oc34)cc21. The number of nitrogens with zero attached hydrogens (tertiary/aromatic N) is 2. The van der Waals surface area contributed by atoms with E-state index in [4.69, 9.17) is 25.5 Å². The molecule has 2 aliphatic rings. The highest BCUT2D eigenvalue weighted by atomic mass is 35.5. The van der Waals surface area contributed by atoms with Gasteiger partial charge in [0.25, 0.3) is 11.5 Å². The Morgan fingerprint density at radius 1 is 1.16 bits per heavy atom. The number of rotatable bonds is 3. The number of halogens is 2. The molecule has 0 saturated carbocycles. The van der Waals surface area contributed by atoms with Crippen molar-refractivity contribution in [2.45, 2.75) is 5.63 Å². The van der Waals surface area contributed by atoms with Crippen molar-refractivity contribution in [1.82, 2.24) is 0 Å². The first-order valence-corrected chi connectivity index (χ1v) is 11.1. The van der Waals surface area contributed by atoms with Crippen LogP contribution in [0.4, 0.5) is 16.0 Å². The third kappa shape index (κ3) is 3.66. The highest BCUT2D eigenvalue weighted by molar-refractivity contribution is 7.17. The fraction of sp³-hybridized carbons (Fsp3) is 0.333. The molecule has 10 heteroatoms. The summed E-state index contributed by atoms with van der Waals surface area (Å²) < 4.78 is 31.1. The smallest absolute Gasteiger partial charge is 0.277 e. The van der Waals surface area contributed by atoms with Crippen LogP contribution in [0.25, 0.3) is 21.4 Å². The number of carbonyl (C=O) groups is 1. The van der Waals surface area contributed by atoms with Gasteiger partial charge >= 0.3 is 0 Å². The Morgan fingerprint density at radius 2 is 1.97 bits per heavy atom. The van der Waals surface area contributed by atoms with Gasteiger partial charge in [0.15, 0.2) is 11.5 Å². The molecule has 2 aliphatic heterocycles. The van der Waals surface area contributed by atoms with Gasteiger partial charge in [-0.15, -0.1) is 11.3 Å². The summed E-state index contributed by atoms with van der Waals surface area (Å²) in [5.41, 5.74) is 0.110. The highest BCUT2D eigenvalue weighted by Gasteiger charge is 2.29. The minimum absolute atomic E-state index is 0.112. The zero-order valence-corrected chi connectivity index (χ0v) is 17.9. The molecule has 1 atom stereocenters. The molecule has 5 rings (SSSR count). The van der Waals surface area contributed by atoms with Crippen LogP contribution in [0, 0.1) is 0 Å². The lowest BCUT2D eigenvalue weighted by atomic mass is 10.1. The zero-order chi connectivity index (χ0) is 21.5. The molecule has 0 aliphatic carbocycles. The average Bonchev–Trinajstić information content (AvgIpc) is 3.23. The van der Waals surface area contributed by atoms with E-state index in [-0.39, 0.29) is 18.6 Å². The molecule has 7 nitrogen and oxygen atoms in total. The number of ether oxygens (including phenoxy) is 2. The second-order valence-corrected chi connectivity index (χ2v) is 8.44. The van der Waals surface area contributed by atoms with Crippen LogP contribution < -0.4 is 20.0 Å². The minimum Gasteiger partial charge on any atom is -0.490 e. The van der Waals surface area contributed by atoms with E-state index < -0.39 is 11.5 Å². The monoisotopic (exact) mass is 464 g/mol. The van der Waals surface area contributed by atoms with E-state index in [1.54, 1.807) is 12.1 Å². The molecule has 4 heterocycles. The van der Waals surface area contributed by atoms with Crippen LogP contribution in [0.15, 0.2) is 38.9 Å². The van der Waals surface area contributed by atoms with Crippen molar-refractivity contribution in [2.75, 3.05) is 49.3 Å². The fourth-order valence-electron chi connectivity index (χ4n) is 3.80. The van der Waals surface area contributed by atoms with Crippen molar-refractivity contribution in [2.24, 2.45) is 0 Å². The molecule has 0 N–H and O–H groups in total. The first-order valence-electron chi connectivity index (χ1n) is 9.78. The first kappa shape index (κ1) is 20.3. The van der Waals surface area contributed by atoms with Crippen LogP contribution in [-0.2, 0) is 9.53 Å². The lowest BCUT2D eigenvalue weighted by Gasteiger charge is -2.30. The Morgan fingerprint density at radius 3 is 2.74 bits per heavy atom. The van der Waals surface area contributed by atoms with Crippen molar-refractivity contribution in [3.8, 4) is 16.9 Å². The number of thiophene rings is 1. The molecule has 0 spiro atoms. The molecule has 31 heavy (non-hydrogen) atoms. The minimum atomic E-state index is -2.13. The van der Waals surface area contributed by atoms with Crippen LogP contribution >= 0.6 is 22.9 Å². The number of carbonyl (C=O) groups excluding carboxylic acids is 1. The third-order valence-corrected chi connectivity index (χ3v) is 6.50. The summed E-state index contributed by atoms with van der Waals surface area (Å²) in [5, 5.41) is 1.84. The molecule has 0 bridgehead atoms. The lowest BCUT2D eigenvalue weighted by Crippen LogP contribution is -2.41. The number of amides is 1. The van der Waals surface area contributed by atoms with Gasteiger partial charge < -0.3 is 23.7 Å². The summed E-state index contributed by atoms with van der Waals surface area (Å²) in [5.74, 6) is 0.135. The molecule has 3 aromatic rings. The Bertz CT molecular complexity index is 1200. The largest absolute Gasteiger partial charge is 0.490 e. The maximum Gasteiger partial charge on any atom is 0.277 e. The number of hydrogen-bond donors (Lipinski definition) is 0. The summed E-state index contributed by atoms with van der Waals surface area (Å²) in [6.07, 6.45) is 0. The molecular weight excluding hydrogens is 447 g/mol. The molecule has 1 unspecified atom stereocenters. The van der Waals surface area contributed by atoms with Gasteiger partial charge in [0.2, 0.25) is 5.43 Å². The second-order valence-electron chi connectivity index (χ2n) is 7.18. The summed E-state index contributed by atoms with van der Waals surface area (Å²) in [6, 6.07) is 6.79. The number of alkyl halides is 2.